The molecule has 0 spiro atoms. The minimum absolute atomic E-state index is 0.904. The van der Waals surface area contributed by atoms with Gasteiger partial charge in [-0.15, -0.1) is 0 Å². The zero-order valence-corrected chi connectivity index (χ0v) is 31.7. The van der Waals surface area contributed by atoms with Gasteiger partial charge in [0.15, 0.2) is 0 Å². The minimum Gasteiger partial charge on any atom is -0.456 e. The number of rotatable bonds is 7. The topological polar surface area (TPSA) is 16.4 Å². The van der Waals surface area contributed by atoms with E-state index in [-0.39, 0.29) is 0 Å². The van der Waals surface area contributed by atoms with E-state index in [9.17, 15) is 0 Å². The van der Waals surface area contributed by atoms with Gasteiger partial charge in [-0.05, 0) is 121 Å². The predicted molar refractivity (Wildman–Crippen MR) is 245 cm³/mol. The summed E-state index contributed by atoms with van der Waals surface area (Å²) in [6, 6.07) is 80.6. The summed E-state index contributed by atoms with van der Waals surface area (Å²) in [6.07, 6.45) is 0. The van der Waals surface area contributed by atoms with Crippen molar-refractivity contribution < 1.29 is 4.42 Å². The Hall–Kier alpha value is -7.68. The molecule has 2 nitrogen and oxygen atoms in total. The molecule has 0 aliphatic rings. The molecule has 0 radical (unpaired) electrons. The first kappa shape index (κ1) is 33.6. The lowest BCUT2D eigenvalue weighted by molar-refractivity contribution is 0.669. The fraction of sp³-hybridized carbons (Fsp3) is 0. The molecule has 0 unspecified atom stereocenters. The number of para-hydroxylation sites is 2. The molecule has 0 amide bonds. The fourth-order valence-corrected chi connectivity index (χ4v) is 8.81. The van der Waals surface area contributed by atoms with Crippen LogP contribution in [0.25, 0.3) is 88.0 Å². The molecule has 272 valence electrons. The maximum atomic E-state index is 6.21. The third-order valence-corrected chi connectivity index (χ3v) is 11.5. The van der Waals surface area contributed by atoms with Crippen LogP contribution in [0, 0.1) is 0 Å². The number of furan rings is 1. The van der Waals surface area contributed by atoms with E-state index < -0.39 is 0 Å². The number of hydrogen-bond acceptors (Lipinski definition) is 2. The van der Waals surface area contributed by atoms with Crippen LogP contribution in [0.2, 0.25) is 0 Å². The second kappa shape index (κ2) is 14.1. The Morgan fingerprint density at radius 1 is 0.276 bits per heavy atom. The van der Waals surface area contributed by atoms with Crippen LogP contribution in [-0.4, -0.2) is 0 Å². The number of fused-ring (bicyclic) bond motifs is 6. The van der Waals surface area contributed by atoms with Crippen molar-refractivity contribution in [1.29, 1.82) is 0 Å². The molecular formula is C56H37NO. The first-order valence-electron chi connectivity index (χ1n) is 19.8. The molecule has 0 N–H and O–H groups in total. The minimum atomic E-state index is 0.904. The van der Waals surface area contributed by atoms with Gasteiger partial charge >= 0.3 is 0 Å². The highest BCUT2D eigenvalue weighted by Crippen LogP contribution is 2.46. The molecule has 58 heavy (non-hydrogen) atoms. The summed E-state index contributed by atoms with van der Waals surface area (Å²) < 4.78 is 6.21. The summed E-state index contributed by atoms with van der Waals surface area (Å²) in [5.74, 6) is 0. The van der Waals surface area contributed by atoms with Crippen LogP contribution in [-0.2, 0) is 0 Å². The van der Waals surface area contributed by atoms with Crippen molar-refractivity contribution >= 4 is 60.5 Å². The second-order valence-corrected chi connectivity index (χ2v) is 14.8. The maximum Gasteiger partial charge on any atom is 0.136 e. The van der Waals surface area contributed by atoms with Crippen molar-refractivity contribution in [1.82, 2.24) is 0 Å². The second-order valence-electron chi connectivity index (χ2n) is 14.8. The molecule has 0 aliphatic carbocycles. The van der Waals surface area contributed by atoms with E-state index in [4.69, 9.17) is 4.42 Å². The average Bonchev–Trinajstić information content (AvgIpc) is 3.69. The number of nitrogens with zero attached hydrogens (tertiary/aromatic N) is 1. The van der Waals surface area contributed by atoms with Gasteiger partial charge in [-0.2, -0.15) is 0 Å². The average molecular weight is 740 g/mol. The highest BCUT2D eigenvalue weighted by Gasteiger charge is 2.19. The third kappa shape index (κ3) is 5.74. The first-order valence-corrected chi connectivity index (χ1v) is 19.8. The van der Waals surface area contributed by atoms with Crippen molar-refractivity contribution in [2.24, 2.45) is 0 Å². The van der Waals surface area contributed by atoms with Crippen LogP contribution < -0.4 is 4.90 Å². The Bertz CT molecular complexity index is 3240. The summed E-state index contributed by atoms with van der Waals surface area (Å²) in [5.41, 5.74) is 14.7. The van der Waals surface area contributed by atoms with Crippen LogP contribution in [0.4, 0.5) is 17.1 Å². The quantitative estimate of drug-likeness (QED) is 0.151. The SMILES string of the molecule is c1ccc(-c2c(-c3ccccc3)c3cc(-c4ccc(N(c5ccccc5)c5ccc(-c6cccc7oc8ccccc8c67)cc5)cc4)ccc3c3ccccc23)cc1. The Kier molecular flexibility index (Phi) is 8.19. The number of hydrogen-bond donors (Lipinski definition) is 0. The van der Waals surface area contributed by atoms with Crippen molar-refractivity contribution in [3.63, 3.8) is 0 Å². The Labute approximate surface area is 337 Å². The van der Waals surface area contributed by atoms with Gasteiger partial charge in [0, 0.05) is 27.8 Å². The van der Waals surface area contributed by atoms with E-state index in [1.54, 1.807) is 0 Å². The summed E-state index contributed by atoms with van der Waals surface area (Å²) in [6.45, 7) is 0. The molecule has 11 aromatic rings. The van der Waals surface area contributed by atoms with E-state index >= 15 is 0 Å². The van der Waals surface area contributed by atoms with Crippen molar-refractivity contribution in [2.45, 2.75) is 0 Å². The van der Waals surface area contributed by atoms with Gasteiger partial charge in [-0.3, -0.25) is 0 Å². The molecule has 0 aliphatic heterocycles. The summed E-state index contributed by atoms with van der Waals surface area (Å²) in [5, 5.41) is 7.31. The highest BCUT2D eigenvalue weighted by atomic mass is 16.3. The Morgan fingerprint density at radius 2 is 0.759 bits per heavy atom. The smallest absolute Gasteiger partial charge is 0.136 e. The van der Waals surface area contributed by atoms with E-state index in [2.05, 4.69) is 217 Å². The molecule has 1 heterocycles. The normalized spacial score (nSPS) is 11.4. The molecule has 0 atom stereocenters. The molecule has 10 aromatic carbocycles. The molecule has 11 rings (SSSR count). The van der Waals surface area contributed by atoms with Gasteiger partial charge in [0.2, 0.25) is 0 Å². The van der Waals surface area contributed by atoms with Crippen LogP contribution in [0.5, 0.6) is 0 Å². The lowest BCUT2D eigenvalue weighted by Gasteiger charge is -2.26. The molecule has 0 saturated carbocycles. The molecule has 2 heteroatoms. The Balaban J connectivity index is 1.01. The van der Waals surface area contributed by atoms with E-state index in [0.29, 0.717) is 0 Å². The zero-order valence-electron chi connectivity index (χ0n) is 31.7. The first-order chi connectivity index (χ1) is 28.8. The molecular weight excluding hydrogens is 703 g/mol. The summed E-state index contributed by atoms with van der Waals surface area (Å²) >= 11 is 0. The van der Waals surface area contributed by atoms with Gasteiger partial charge in [0.1, 0.15) is 11.2 Å². The highest BCUT2D eigenvalue weighted by molar-refractivity contribution is 6.22. The molecule has 1 aromatic heterocycles. The largest absolute Gasteiger partial charge is 0.456 e. The van der Waals surface area contributed by atoms with Gasteiger partial charge in [-0.1, -0.05) is 170 Å². The molecule has 0 saturated heterocycles. The van der Waals surface area contributed by atoms with Crippen LogP contribution in [0.3, 0.4) is 0 Å². The summed E-state index contributed by atoms with van der Waals surface area (Å²) in [4.78, 5) is 2.33. The number of anilines is 3. The van der Waals surface area contributed by atoms with Crippen molar-refractivity contribution in [3.8, 4) is 44.5 Å². The van der Waals surface area contributed by atoms with Crippen molar-refractivity contribution in [2.75, 3.05) is 4.90 Å². The fourth-order valence-electron chi connectivity index (χ4n) is 8.81. The lowest BCUT2D eigenvalue weighted by atomic mass is 9.84. The monoisotopic (exact) mass is 739 g/mol. The maximum absolute atomic E-state index is 6.21. The van der Waals surface area contributed by atoms with Crippen molar-refractivity contribution in [3.05, 3.63) is 224 Å². The van der Waals surface area contributed by atoms with Gasteiger partial charge in [0.05, 0.1) is 0 Å². The van der Waals surface area contributed by atoms with Crippen LogP contribution >= 0.6 is 0 Å². The number of benzene rings is 10. The zero-order chi connectivity index (χ0) is 38.4. The van der Waals surface area contributed by atoms with E-state index in [1.807, 2.05) is 12.1 Å². The van der Waals surface area contributed by atoms with Gasteiger partial charge in [0.25, 0.3) is 0 Å². The molecule has 0 bridgehead atoms. The molecule has 0 fully saturated rings. The summed E-state index contributed by atoms with van der Waals surface area (Å²) in [7, 11) is 0. The Morgan fingerprint density at radius 3 is 1.43 bits per heavy atom. The van der Waals surface area contributed by atoms with Gasteiger partial charge < -0.3 is 9.32 Å². The predicted octanol–water partition coefficient (Wildman–Crippen LogP) is 16.0. The van der Waals surface area contributed by atoms with Crippen LogP contribution in [0.1, 0.15) is 0 Å². The lowest BCUT2D eigenvalue weighted by Crippen LogP contribution is -2.09. The third-order valence-electron chi connectivity index (χ3n) is 11.5. The van der Waals surface area contributed by atoms with E-state index in [1.165, 1.54) is 60.5 Å². The van der Waals surface area contributed by atoms with Crippen LogP contribution in [0.15, 0.2) is 229 Å². The van der Waals surface area contributed by atoms with Gasteiger partial charge in [-0.25, -0.2) is 0 Å². The van der Waals surface area contributed by atoms with E-state index in [0.717, 1.165) is 44.6 Å². The standard InChI is InChI=1S/C56H37NO/c1-4-15-40(16-5-1)54-49-22-11-10-21-47(49)48-36-31-42(37-51(48)55(54)41-17-6-2-7-18-41)38-27-32-44(33-28-38)57(43-19-8-3-9-20-43)45-34-29-39(30-35-45)46-24-14-26-53-56(46)50-23-12-13-25-52(50)58-53/h1-37H.